The number of anilines is 1. The lowest BCUT2D eigenvalue weighted by Crippen LogP contribution is -2.32. The maximum absolute atomic E-state index is 12.2. The average molecular weight is 219 g/mol. The van der Waals surface area contributed by atoms with E-state index in [1.807, 2.05) is 52.0 Å². The Labute approximate surface area is 96.0 Å². The molecule has 0 N–H and O–H groups in total. The lowest BCUT2D eigenvalue weighted by Gasteiger charge is -2.18. The van der Waals surface area contributed by atoms with E-state index in [2.05, 4.69) is 0 Å². The number of amides is 1. The smallest absolute Gasteiger partial charge is 0.259 e. The van der Waals surface area contributed by atoms with Crippen molar-refractivity contribution in [2.45, 2.75) is 33.8 Å². The number of aryl methyl sites for hydroxylation is 1. The van der Waals surface area contributed by atoms with Gasteiger partial charge >= 0.3 is 0 Å². The molecule has 0 aliphatic carbocycles. The lowest BCUT2D eigenvalue weighted by atomic mass is 9.87. The fraction of sp³-hybridized carbons (Fsp3) is 0.462. The van der Waals surface area contributed by atoms with E-state index in [0.29, 0.717) is 0 Å². The van der Waals surface area contributed by atoms with E-state index in [9.17, 15) is 4.79 Å². The van der Waals surface area contributed by atoms with Gasteiger partial charge in [-0.2, -0.15) is 5.06 Å². The fourth-order valence-corrected chi connectivity index (χ4v) is 1.73. The molecule has 1 saturated heterocycles. The third-order valence-corrected chi connectivity index (χ3v) is 3.35. The normalized spacial score (nSPS) is 23.9. The Morgan fingerprint density at radius 1 is 1.31 bits per heavy atom. The van der Waals surface area contributed by atoms with Crippen molar-refractivity contribution in [1.82, 2.24) is 0 Å². The largest absolute Gasteiger partial charge is 0.271 e. The standard InChI is InChI=1S/C13H17NO2/c1-9-7-5-6-8-11(9)14-12(15)13(3,4)10(2)16-14/h5-8,10H,1-4H3. The maximum atomic E-state index is 12.2. The summed E-state index contributed by atoms with van der Waals surface area (Å²) in [5, 5.41) is 1.43. The molecule has 3 nitrogen and oxygen atoms in total. The minimum atomic E-state index is -0.456. The Hall–Kier alpha value is -1.35. The molecule has 2 rings (SSSR count). The molecule has 3 heteroatoms. The number of hydrogen-bond acceptors (Lipinski definition) is 2. The van der Waals surface area contributed by atoms with E-state index in [1.54, 1.807) is 0 Å². The fourth-order valence-electron chi connectivity index (χ4n) is 1.73. The molecule has 1 aromatic carbocycles. The highest BCUT2D eigenvalue weighted by Gasteiger charge is 2.47. The van der Waals surface area contributed by atoms with Crippen LogP contribution in [0.1, 0.15) is 26.3 Å². The van der Waals surface area contributed by atoms with Crippen LogP contribution < -0.4 is 5.06 Å². The number of carbonyl (C=O) groups excluding carboxylic acids is 1. The number of hydroxylamine groups is 1. The molecule has 1 aliphatic rings. The molecule has 1 atom stereocenters. The van der Waals surface area contributed by atoms with E-state index < -0.39 is 5.41 Å². The predicted octanol–water partition coefficient (Wildman–Crippen LogP) is 2.69. The molecule has 0 spiro atoms. The van der Waals surface area contributed by atoms with Gasteiger partial charge in [-0.25, -0.2) is 0 Å². The highest BCUT2D eigenvalue weighted by molar-refractivity contribution is 5.98. The second kappa shape index (κ2) is 3.59. The van der Waals surface area contributed by atoms with Crippen molar-refractivity contribution in [1.29, 1.82) is 0 Å². The Morgan fingerprint density at radius 2 is 1.94 bits per heavy atom. The molecular formula is C13H17NO2. The summed E-state index contributed by atoms with van der Waals surface area (Å²) >= 11 is 0. The van der Waals surface area contributed by atoms with Gasteiger partial charge in [0.15, 0.2) is 0 Å². The summed E-state index contributed by atoms with van der Waals surface area (Å²) < 4.78 is 0. The average Bonchev–Trinajstić information content (AvgIpc) is 2.43. The minimum absolute atomic E-state index is 0.0225. The molecule has 0 saturated carbocycles. The van der Waals surface area contributed by atoms with Crippen LogP contribution >= 0.6 is 0 Å². The van der Waals surface area contributed by atoms with Gasteiger partial charge in [0.25, 0.3) is 5.91 Å². The molecule has 1 aliphatic heterocycles. The van der Waals surface area contributed by atoms with E-state index in [4.69, 9.17) is 4.84 Å². The van der Waals surface area contributed by atoms with Gasteiger partial charge in [0.1, 0.15) is 0 Å². The molecule has 0 bridgehead atoms. The third kappa shape index (κ3) is 1.52. The number of rotatable bonds is 1. The van der Waals surface area contributed by atoms with E-state index >= 15 is 0 Å². The maximum Gasteiger partial charge on any atom is 0.259 e. The molecule has 0 aromatic heterocycles. The van der Waals surface area contributed by atoms with Crippen LogP contribution in [-0.4, -0.2) is 12.0 Å². The van der Waals surface area contributed by atoms with Gasteiger partial charge in [0, 0.05) is 0 Å². The Kier molecular flexibility index (Phi) is 2.50. The van der Waals surface area contributed by atoms with Crippen molar-refractivity contribution in [2.24, 2.45) is 5.41 Å². The van der Waals surface area contributed by atoms with Crippen molar-refractivity contribution in [3.8, 4) is 0 Å². The van der Waals surface area contributed by atoms with Crippen molar-refractivity contribution >= 4 is 11.6 Å². The first-order chi connectivity index (χ1) is 7.44. The number of nitrogens with zero attached hydrogens (tertiary/aromatic N) is 1. The second-order valence-electron chi connectivity index (χ2n) is 4.86. The van der Waals surface area contributed by atoms with Crippen molar-refractivity contribution in [2.75, 3.05) is 5.06 Å². The van der Waals surface area contributed by atoms with Gasteiger partial charge < -0.3 is 0 Å². The summed E-state index contributed by atoms with van der Waals surface area (Å²) in [6, 6.07) is 7.74. The van der Waals surface area contributed by atoms with Gasteiger partial charge in [-0.05, 0) is 39.3 Å². The quantitative estimate of drug-likeness (QED) is 0.726. The Morgan fingerprint density at radius 3 is 2.44 bits per heavy atom. The van der Waals surface area contributed by atoms with Crippen LogP contribution in [0, 0.1) is 12.3 Å². The zero-order chi connectivity index (χ0) is 11.9. The van der Waals surface area contributed by atoms with E-state index in [-0.39, 0.29) is 12.0 Å². The summed E-state index contributed by atoms with van der Waals surface area (Å²) in [6.07, 6.45) is -0.0976. The highest BCUT2D eigenvalue weighted by Crippen LogP contribution is 2.37. The summed E-state index contributed by atoms with van der Waals surface area (Å²) in [7, 11) is 0. The molecule has 1 unspecified atom stereocenters. The van der Waals surface area contributed by atoms with Crippen LogP contribution in [0.15, 0.2) is 24.3 Å². The molecular weight excluding hydrogens is 202 g/mol. The summed E-state index contributed by atoms with van der Waals surface area (Å²) in [4.78, 5) is 17.8. The molecule has 1 aromatic rings. The number of para-hydroxylation sites is 1. The topological polar surface area (TPSA) is 29.5 Å². The summed E-state index contributed by atoms with van der Waals surface area (Å²) in [5.41, 5.74) is 1.42. The van der Waals surface area contributed by atoms with E-state index in [1.165, 1.54) is 5.06 Å². The first-order valence-corrected chi connectivity index (χ1v) is 5.51. The Balaban J connectivity index is 2.39. The molecule has 1 amide bonds. The van der Waals surface area contributed by atoms with Gasteiger partial charge in [0.2, 0.25) is 0 Å². The van der Waals surface area contributed by atoms with Crippen LogP contribution in [-0.2, 0) is 9.63 Å². The lowest BCUT2D eigenvalue weighted by molar-refractivity contribution is -0.124. The molecule has 1 fully saturated rings. The van der Waals surface area contributed by atoms with Crippen LogP contribution in [0.25, 0.3) is 0 Å². The number of carbonyl (C=O) groups is 1. The van der Waals surface area contributed by atoms with Gasteiger partial charge in [0.05, 0.1) is 17.2 Å². The number of benzene rings is 1. The zero-order valence-electron chi connectivity index (χ0n) is 10.2. The molecule has 0 radical (unpaired) electrons. The molecule has 86 valence electrons. The first kappa shape index (κ1) is 11.1. The number of hydrogen-bond donors (Lipinski definition) is 0. The summed E-state index contributed by atoms with van der Waals surface area (Å²) in [6.45, 7) is 7.73. The Bertz CT molecular complexity index is 426. The summed E-state index contributed by atoms with van der Waals surface area (Å²) in [5.74, 6) is 0.0225. The van der Waals surface area contributed by atoms with Crippen molar-refractivity contribution in [3.05, 3.63) is 29.8 Å². The zero-order valence-corrected chi connectivity index (χ0v) is 10.2. The second-order valence-corrected chi connectivity index (χ2v) is 4.86. The van der Waals surface area contributed by atoms with Crippen LogP contribution in [0.3, 0.4) is 0 Å². The SMILES string of the molecule is Cc1ccccc1N1OC(C)C(C)(C)C1=O. The van der Waals surface area contributed by atoms with Crippen molar-refractivity contribution in [3.63, 3.8) is 0 Å². The van der Waals surface area contributed by atoms with Crippen LogP contribution in [0.4, 0.5) is 5.69 Å². The molecule has 1 heterocycles. The highest BCUT2D eigenvalue weighted by atomic mass is 16.7. The monoisotopic (exact) mass is 219 g/mol. The van der Waals surface area contributed by atoms with Gasteiger partial charge in [-0.1, -0.05) is 18.2 Å². The van der Waals surface area contributed by atoms with Gasteiger partial charge in [-0.3, -0.25) is 9.63 Å². The predicted molar refractivity (Wildman–Crippen MR) is 63.0 cm³/mol. The van der Waals surface area contributed by atoms with Crippen LogP contribution in [0.2, 0.25) is 0 Å². The van der Waals surface area contributed by atoms with Crippen molar-refractivity contribution < 1.29 is 9.63 Å². The van der Waals surface area contributed by atoms with E-state index in [0.717, 1.165) is 11.3 Å². The third-order valence-electron chi connectivity index (χ3n) is 3.35. The molecule has 16 heavy (non-hydrogen) atoms. The first-order valence-electron chi connectivity index (χ1n) is 5.51. The van der Waals surface area contributed by atoms with Gasteiger partial charge in [-0.15, -0.1) is 0 Å². The van der Waals surface area contributed by atoms with Crippen LogP contribution in [0.5, 0.6) is 0 Å². The minimum Gasteiger partial charge on any atom is -0.271 e.